The molecule has 0 spiro atoms. The van der Waals surface area contributed by atoms with Crippen LogP contribution in [-0.2, 0) is 16.1 Å². The van der Waals surface area contributed by atoms with Gasteiger partial charge in [-0.1, -0.05) is 18.2 Å². The van der Waals surface area contributed by atoms with Crippen LogP contribution in [0.5, 0.6) is 11.5 Å². The van der Waals surface area contributed by atoms with Crippen molar-refractivity contribution in [3.8, 4) is 11.5 Å². The van der Waals surface area contributed by atoms with Crippen molar-refractivity contribution >= 4 is 17.4 Å². The molecule has 1 amide bonds. The Bertz CT molecular complexity index is 1200. The molecule has 0 bridgehead atoms. The summed E-state index contributed by atoms with van der Waals surface area (Å²) in [6, 6.07) is 15.7. The number of ketones is 1. The summed E-state index contributed by atoms with van der Waals surface area (Å²) < 4.78 is 5.64. The summed E-state index contributed by atoms with van der Waals surface area (Å²) in [7, 11) is 0. The Hall–Kier alpha value is -4.13. The molecule has 2 aromatic carbocycles. The highest BCUT2D eigenvalue weighted by molar-refractivity contribution is 6.46. The molecule has 7 heteroatoms. The van der Waals surface area contributed by atoms with Crippen molar-refractivity contribution in [2.75, 3.05) is 0 Å². The van der Waals surface area contributed by atoms with E-state index in [0.717, 1.165) is 5.56 Å². The monoisotopic (exact) mass is 444 g/mol. The number of likely N-dealkylation sites (tertiary alicyclic amines) is 1. The Morgan fingerprint density at radius 1 is 1.09 bits per heavy atom. The number of Topliss-reactive ketones (excluding diaryl/α,β-unsaturated/α-hetero) is 1. The van der Waals surface area contributed by atoms with Gasteiger partial charge in [0, 0.05) is 24.5 Å². The quantitative estimate of drug-likeness (QED) is 0.336. The van der Waals surface area contributed by atoms with Crippen molar-refractivity contribution < 1.29 is 24.5 Å². The van der Waals surface area contributed by atoms with E-state index in [4.69, 9.17) is 4.74 Å². The van der Waals surface area contributed by atoms with Gasteiger partial charge < -0.3 is 19.8 Å². The molecule has 1 aliphatic heterocycles. The molecule has 1 fully saturated rings. The van der Waals surface area contributed by atoms with Gasteiger partial charge >= 0.3 is 0 Å². The van der Waals surface area contributed by atoms with Crippen LogP contribution in [0, 0.1) is 0 Å². The number of aromatic nitrogens is 1. The number of carbonyl (C=O) groups is 2. The van der Waals surface area contributed by atoms with Crippen LogP contribution < -0.4 is 4.74 Å². The molecule has 3 aromatic rings. The number of phenols is 1. The van der Waals surface area contributed by atoms with E-state index in [2.05, 4.69) is 4.98 Å². The van der Waals surface area contributed by atoms with Crippen LogP contribution in [0.1, 0.15) is 36.6 Å². The first-order chi connectivity index (χ1) is 15.8. The summed E-state index contributed by atoms with van der Waals surface area (Å²) in [5.74, 6) is -1.18. The molecule has 0 saturated carbocycles. The smallest absolute Gasteiger partial charge is 0.295 e. The van der Waals surface area contributed by atoms with E-state index in [1.54, 1.807) is 60.9 Å². The third-order valence-corrected chi connectivity index (χ3v) is 5.30. The van der Waals surface area contributed by atoms with Gasteiger partial charge in [0.15, 0.2) is 0 Å². The standard InChI is InChI=1S/C26H24N2O5/c1-16(2)33-21-10-8-18(9-11-21)24(30)22-23(19-6-3-7-20(29)13-19)28(26(32)25(22)31)15-17-5-4-12-27-14-17/h3-14,16,23,29-30H,15H2,1-2H3/b24-22+/t23-/m1/s1. The number of aliphatic hydroxyl groups is 1. The SMILES string of the molecule is CC(C)Oc1ccc(/C(O)=C2\C(=O)C(=O)N(Cc3cccnc3)[C@@H]2c2cccc(O)c2)cc1. The molecule has 2 heterocycles. The molecule has 1 aliphatic rings. The van der Waals surface area contributed by atoms with Crippen molar-refractivity contribution in [3.63, 3.8) is 0 Å². The second-order valence-electron chi connectivity index (χ2n) is 8.07. The van der Waals surface area contributed by atoms with Gasteiger partial charge in [-0.3, -0.25) is 14.6 Å². The normalized spacial score (nSPS) is 17.5. The second-order valence-corrected chi connectivity index (χ2v) is 8.07. The van der Waals surface area contributed by atoms with Crippen molar-refractivity contribution in [2.24, 2.45) is 0 Å². The van der Waals surface area contributed by atoms with Gasteiger partial charge in [0.25, 0.3) is 11.7 Å². The fourth-order valence-corrected chi connectivity index (χ4v) is 3.89. The van der Waals surface area contributed by atoms with E-state index >= 15 is 0 Å². The third-order valence-electron chi connectivity index (χ3n) is 5.30. The van der Waals surface area contributed by atoms with E-state index < -0.39 is 17.7 Å². The van der Waals surface area contributed by atoms with Crippen LogP contribution in [0.25, 0.3) is 5.76 Å². The predicted octanol–water partition coefficient (Wildman–Crippen LogP) is 4.20. The molecular weight excluding hydrogens is 420 g/mol. The number of benzene rings is 2. The Kier molecular flexibility index (Phi) is 6.13. The van der Waals surface area contributed by atoms with Crippen molar-refractivity contribution in [1.82, 2.24) is 9.88 Å². The minimum Gasteiger partial charge on any atom is -0.508 e. The fourth-order valence-electron chi connectivity index (χ4n) is 3.89. The number of ether oxygens (including phenoxy) is 1. The minimum absolute atomic E-state index is 0.00495. The van der Waals surface area contributed by atoms with Crippen molar-refractivity contribution in [2.45, 2.75) is 32.5 Å². The zero-order valence-electron chi connectivity index (χ0n) is 18.3. The van der Waals surface area contributed by atoms with E-state index in [0.29, 0.717) is 16.9 Å². The number of amides is 1. The highest BCUT2D eigenvalue weighted by atomic mass is 16.5. The van der Waals surface area contributed by atoms with E-state index in [1.165, 1.54) is 17.0 Å². The van der Waals surface area contributed by atoms with Gasteiger partial charge in [0.2, 0.25) is 0 Å². The van der Waals surface area contributed by atoms with Crippen LogP contribution >= 0.6 is 0 Å². The summed E-state index contributed by atoms with van der Waals surface area (Å²) in [4.78, 5) is 31.6. The first-order valence-electron chi connectivity index (χ1n) is 10.6. The van der Waals surface area contributed by atoms with Gasteiger partial charge in [-0.05, 0) is 67.4 Å². The zero-order valence-corrected chi connectivity index (χ0v) is 18.3. The fraction of sp³-hybridized carbons (Fsp3) is 0.192. The molecule has 2 N–H and O–H groups in total. The first kappa shape index (κ1) is 22.1. The lowest BCUT2D eigenvalue weighted by Crippen LogP contribution is -2.29. The topological polar surface area (TPSA) is 100.0 Å². The number of hydrogen-bond donors (Lipinski definition) is 2. The van der Waals surface area contributed by atoms with Crippen LogP contribution in [0.2, 0.25) is 0 Å². The Balaban J connectivity index is 1.80. The molecule has 0 aliphatic carbocycles. The van der Waals surface area contributed by atoms with E-state index in [-0.39, 0.29) is 29.7 Å². The largest absolute Gasteiger partial charge is 0.508 e. The third kappa shape index (κ3) is 4.57. The molecule has 33 heavy (non-hydrogen) atoms. The van der Waals surface area contributed by atoms with Gasteiger partial charge in [-0.25, -0.2) is 0 Å². The van der Waals surface area contributed by atoms with Gasteiger partial charge in [0.1, 0.15) is 17.3 Å². The van der Waals surface area contributed by atoms with E-state index in [9.17, 15) is 19.8 Å². The second kappa shape index (κ2) is 9.16. The van der Waals surface area contributed by atoms with Gasteiger partial charge in [-0.15, -0.1) is 0 Å². The molecule has 1 atom stereocenters. The summed E-state index contributed by atoms with van der Waals surface area (Å²) in [6.45, 7) is 3.94. The molecule has 1 aromatic heterocycles. The zero-order chi connectivity index (χ0) is 23.5. The number of rotatable bonds is 6. The lowest BCUT2D eigenvalue weighted by molar-refractivity contribution is -0.140. The average molecular weight is 444 g/mol. The molecule has 4 rings (SSSR count). The van der Waals surface area contributed by atoms with Crippen LogP contribution in [0.15, 0.2) is 78.6 Å². The van der Waals surface area contributed by atoms with Crippen molar-refractivity contribution in [1.29, 1.82) is 0 Å². The minimum atomic E-state index is -0.871. The van der Waals surface area contributed by atoms with Gasteiger partial charge in [-0.2, -0.15) is 0 Å². The number of pyridine rings is 1. The van der Waals surface area contributed by atoms with Crippen molar-refractivity contribution in [3.05, 3.63) is 95.3 Å². The predicted molar refractivity (Wildman–Crippen MR) is 122 cm³/mol. The number of aliphatic hydroxyl groups excluding tert-OH is 1. The summed E-state index contributed by atoms with van der Waals surface area (Å²) in [5.41, 5.74) is 1.60. The highest BCUT2D eigenvalue weighted by Crippen LogP contribution is 2.41. The summed E-state index contributed by atoms with van der Waals surface area (Å²) in [5, 5.41) is 21.2. The highest BCUT2D eigenvalue weighted by Gasteiger charge is 2.46. The lowest BCUT2D eigenvalue weighted by atomic mass is 9.95. The lowest BCUT2D eigenvalue weighted by Gasteiger charge is -2.25. The van der Waals surface area contributed by atoms with Gasteiger partial charge in [0.05, 0.1) is 17.7 Å². The number of carbonyl (C=O) groups excluding carboxylic acids is 2. The number of nitrogens with zero attached hydrogens (tertiary/aromatic N) is 2. The summed E-state index contributed by atoms with van der Waals surface area (Å²) >= 11 is 0. The molecule has 168 valence electrons. The Morgan fingerprint density at radius 2 is 1.85 bits per heavy atom. The molecule has 0 unspecified atom stereocenters. The first-order valence-corrected chi connectivity index (χ1v) is 10.6. The Labute approximate surface area is 191 Å². The number of phenolic OH excluding ortho intramolecular Hbond substituents is 1. The maximum atomic E-state index is 13.1. The van der Waals surface area contributed by atoms with E-state index in [1.807, 2.05) is 13.8 Å². The molecule has 0 radical (unpaired) electrons. The molecule has 1 saturated heterocycles. The van der Waals surface area contributed by atoms with Crippen LogP contribution in [-0.4, -0.2) is 37.9 Å². The maximum Gasteiger partial charge on any atom is 0.295 e. The molecule has 7 nitrogen and oxygen atoms in total. The van der Waals surface area contributed by atoms with Crippen LogP contribution in [0.3, 0.4) is 0 Å². The number of hydrogen-bond acceptors (Lipinski definition) is 6. The summed E-state index contributed by atoms with van der Waals surface area (Å²) in [6.07, 6.45) is 3.23. The van der Waals surface area contributed by atoms with Crippen LogP contribution in [0.4, 0.5) is 0 Å². The molecular formula is C26H24N2O5. The number of aromatic hydroxyl groups is 1. The Morgan fingerprint density at radius 3 is 2.48 bits per heavy atom. The maximum absolute atomic E-state index is 13.1. The average Bonchev–Trinajstić information content (AvgIpc) is 3.04.